The number of aliphatic hydroxyl groups excluding tert-OH is 1. The molecule has 1 N–H and O–H groups in total. The van der Waals surface area contributed by atoms with Gasteiger partial charge >= 0.3 is 0 Å². The minimum atomic E-state index is -0.604. The number of aliphatic hydroxyl groups is 1. The summed E-state index contributed by atoms with van der Waals surface area (Å²) in [6.45, 7) is 3.55. The number of rotatable bonds is 6. The quantitative estimate of drug-likeness (QED) is 0.601. The second-order valence-electron chi connectivity index (χ2n) is 6.36. The summed E-state index contributed by atoms with van der Waals surface area (Å²) in [6.07, 6.45) is 1.63. The zero-order valence-electron chi connectivity index (χ0n) is 14.7. The minimum absolute atomic E-state index is 0.0259. The molecule has 0 spiro atoms. The molecule has 6 heteroatoms. The maximum atomic E-state index is 12.7. The van der Waals surface area contributed by atoms with Gasteiger partial charge in [0.1, 0.15) is 29.6 Å². The standard InChI is InChI=1S/C10H12F2O.C10H10F2O/c2*1-7(6-13)2-8-3-9(11)5-10(12)4-8/h3-5,7,13H,2,6H2,1H3;3-7H,2H2,1H3/t2*7-/m00/s1. The van der Waals surface area contributed by atoms with Crippen molar-refractivity contribution in [2.75, 3.05) is 6.61 Å². The summed E-state index contributed by atoms with van der Waals surface area (Å²) in [5, 5.41) is 8.75. The molecular formula is C20H22F4O2. The van der Waals surface area contributed by atoms with Gasteiger partial charge in [-0.1, -0.05) is 13.8 Å². The Morgan fingerprint density at radius 3 is 1.54 bits per heavy atom. The Morgan fingerprint density at radius 2 is 1.19 bits per heavy atom. The number of hydrogen-bond acceptors (Lipinski definition) is 2. The number of aldehydes is 1. The molecule has 2 aromatic carbocycles. The highest BCUT2D eigenvalue weighted by atomic mass is 19.1. The first kappa shape index (κ1) is 21.8. The molecule has 0 aliphatic rings. The van der Waals surface area contributed by atoms with Crippen LogP contribution in [-0.2, 0) is 17.6 Å². The van der Waals surface area contributed by atoms with Gasteiger partial charge in [0, 0.05) is 24.7 Å². The van der Waals surface area contributed by atoms with Crippen molar-refractivity contribution in [3.05, 3.63) is 70.8 Å². The largest absolute Gasteiger partial charge is 0.396 e. The van der Waals surface area contributed by atoms with Crippen LogP contribution in [0.2, 0.25) is 0 Å². The summed E-state index contributed by atoms with van der Waals surface area (Å²) in [4.78, 5) is 10.3. The van der Waals surface area contributed by atoms with Crippen molar-refractivity contribution in [2.24, 2.45) is 11.8 Å². The number of carbonyl (C=O) groups excluding carboxylic acids is 1. The summed E-state index contributed by atoms with van der Waals surface area (Å²) >= 11 is 0. The lowest BCUT2D eigenvalue weighted by Crippen LogP contribution is -2.05. The monoisotopic (exact) mass is 370 g/mol. The molecule has 0 saturated heterocycles. The Morgan fingerprint density at radius 1 is 0.808 bits per heavy atom. The van der Waals surface area contributed by atoms with Gasteiger partial charge in [-0.25, -0.2) is 17.6 Å². The number of carbonyl (C=O) groups is 1. The van der Waals surface area contributed by atoms with Gasteiger partial charge in [0.15, 0.2) is 0 Å². The van der Waals surface area contributed by atoms with E-state index in [1.54, 1.807) is 6.92 Å². The smallest absolute Gasteiger partial charge is 0.126 e. The van der Waals surface area contributed by atoms with Crippen molar-refractivity contribution in [1.29, 1.82) is 0 Å². The number of benzene rings is 2. The Hall–Kier alpha value is -2.21. The average molecular weight is 370 g/mol. The van der Waals surface area contributed by atoms with Crippen LogP contribution in [0.15, 0.2) is 36.4 Å². The lowest BCUT2D eigenvalue weighted by molar-refractivity contribution is -0.110. The molecule has 0 saturated carbocycles. The molecule has 142 valence electrons. The van der Waals surface area contributed by atoms with E-state index in [2.05, 4.69) is 0 Å². The van der Waals surface area contributed by atoms with Gasteiger partial charge in [-0.05, 0) is 54.2 Å². The minimum Gasteiger partial charge on any atom is -0.396 e. The summed E-state index contributed by atoms with van der Waals surface area (Å²) in [5.41, 5.74) is 1.09. The van der Waals surface area contributed by atoms with Crippen LogP contribution in [0.1, 0.15) is 25.0 Å². The summed E-state index contributed by atoms with van der Waals surface area (Å²) < 4.78 is 50.7. The zero-order chi connectivity index (χ0) is 19.7. The van der Waals surface area contributed by atoms with Crippen LogP contribution in [0.5, 0.6) is 0 Å². The maximum Gasteiger partial charge on any atom is 0.126 e. The molecule has 0 radical (unpaired) electrons. The molecule has 2 atom stereocenters. The van der Waals surface area contributed by atoms with E-state index in [-0.39, 0.29) is 18.4 Å². The van der Waals surface area contributed by atoms with E-state index in [0.717, 1.165) is 18.4 Å². The van der Waals surface area contributed by atoms with E-state index in [1.807, 2.05) is 6.92 Å². The first-order chi connectivity index (χ1) is 12.2. The van der Waals surface area contributed by atoms with Gasteiger partial charge in [-0.3, -0.25) is 0 Å². The van der Waals surface area contributed by atoms with E-state index in [1.165, 1.54) is 24.3 Å². The first-order valence-corrected chi connectivity index (χ1v) is 8.19. The second kappa shape index (κ2) is 10.7. The van der Waals surface area contributed by atoms with Crippen molar-refractivity contribution in [3.63, 3.8) is 0 Å². The van der Waals surface area contributed by atoms with Crippen molar-refractivity contribution in [2.45, 2.75) is 26.7 Å². The Kier molecular flexibility index (Phi) is 8.99. The molecule has 0 amide bonds. The molecule has 2 aromatic rings. The van der Waals surface area contributed by atoms with Crippen LogP contribution < -0.4 is 0 Å². The highest BCUT2D eigenvalue weighted by molar-refractivity contribution is 5.53. The van der Waals surface area contributed by atoms with Crippen LogP contribution in [0, 0.1) is 35.1 Å². The lowest BCUT2D eigenvalue weighted by Gasteiger charge is -2.07. The van der Waals surface area contributed by atoms with Crippen LogP contribution in [-0.4, -0.2) is 18.0 Å². The van der Waals surface area contributed by atoms with Crippen molar-refractivity contribution in [1.82, 2.24) is 0 Å². The maximum absolute atomic E-state index is 12.7. The summed E-state index contributed by atoms with van der Waals surface area (Å²) in [5.74, 6) is -2.52. The predicted molar refractivity (Wildman–Crippen MR) is 91.6 cm³/mol. The normalized spacial score (nSPS) is 12.7. The van der Waals surface area contributed by atoms with Crippen molar-refractivity contribution < 1.29 is 27.5 Å². The van der Waals surface area contributed by atoms with Gasteiger partial charge in [0.05, 0.1) is 0 Å². The third kappa shape index (κ3) is 8.25. The number of halogens is 4. The van der Waals surface area contributed by atoms with Gasteiger partial charge in [0.2, 0.25) is 0 Å². The fourth-order valence-electron chi connectivity index (χ4n) is 2.34. The average Bonchev–Trinajstić information content (AvgIpc) is 2.53. The van der Waals surface area contributed by atoms with E-state index in [9.17, 15) is 22.4 Å². The number of hydrogen-bond donors (Lipinski definition) is 1. The molecule has 0 bridgehead atoms. The molecule has 0 unspecified atom stereocenters. The SMILES string of the molecule is C[C@H](C=O)Cc1cc(F)cc(F)c1.C[C@H](CO)Cc1cc(F)cc(F)c1. The summed E-state index contributed by atoms with van der Waals surface area (Å²) in [6, 6.07) is 6.71. The Balaban J connectivity index is 0.000000260. The van der Waals surface area contributed by atoms with Crippen LogP contribution in [0.3, 0.4) is 0 Å². The van der Waals surface area contributed by atoms with Gasteiger partial charge in [0.25, 0.3) is 0 Å². The molecule has 26 heavy (non-hydrogen) atoms. The third-order valence-electron chi connectivity index (χ3n) is 3.53. The van der Waals surface area contributed by atoms with Gasteiger partial charge < -0.3 is 9.90 Å². The van der Waals surface area contributed by atoms with Crippen LogP contribution >= 0.6 is 0 Å². The molecule has 0 aliphatic heterocycles. The van der Waals surface area contributed by atoms with E-state index in [4.69, 9.17) is 5.11 Å². The van der Waals surface area contributed by atoms with Crippen molar-refractivity contribution in [3.8, 4) is 0 Å². The molecule has 2 rings (SSSR count). The highest BCUT2D eigenvalue weighted by Gasteiger charge is 2.06. The van der Waals surface area contributed by atoms with Crippen LogP contribution in [0.25, 0.3) is 0 Å². The topological polar surface area (TPSA) is 37.3 Å². The fraction of sp³-hybridized carbons (Fsp3) is 0.350. The Labute approximate surface area is 150 Å². The van der Waals surface area contributed by atoms with E-state index < -0.39 is 23.3 Å². The lowest BCUT2D eigenvalue weighted by atomic mass is 10.0. The fourth-order valence-corrected chi connectivity index (χ4v) is 2.34. The van der Waals surface area contributed by atoms with Crippen molar-refractivity contribution >= 4 is 6.29 Å². The molecule has 2 nitrogen and oxygen atoms in total. The van der Waals surface area contributed by atoms with E-state index >= 15 is 0 Å². The highest BCUT2D eigenvalue weighted by Crippen LogP contribution is 2.13. The molecular weight excluding hydrogens is 348 g/mol. The Bertz CT molecular complexity index is 678. The molecule has 0 heterocycles. The van der Waals surface area contributed by atoms with Gasteiger partial charge in [-0.2, -0.15) is 0 Å². The molecule has 0 aromatic heterocycles. The van der Waals surface area contributed by atoms with E-state index in [0.29, 0.717) is 24.0 Å². The predicted octanol–water partition coefficient (Wildman–Crippen LogP) is 4.48. The van der Waals surface area contributed by atoms with Crippen LogP contribution in [0.4, 0.5) is 17.6 Å². The first-order valence-electron chi connectivity index (χ1n) is 8.19. The second-order valence-corrected chi connectivity index (χ2v) is 6.36. The zero-order valence-corrected chi connectivity index (χ0v) is 14.7. The summed E-state index contributed by atoms with van der Waals surface area (Å²) in [7, 11) is 0. The molecule has 0 aliphatic carbocycles. The third-order valence-corrected chi connectivity index (χ3v) is 3.53. The molecule has 0 fully saturated rings. The van der Waals surface area contributed by atoms with Gasteiger partial charge in [-0.15, -0.1) is 0 Å².